The normalized spacial score (nSPS) is 22.9. The van der Waals surface area contributed by atoms with Gasteiger partial charge in [-0.3, -0.25) is 4.79 Å². The zero-order chi connectivity index (χ0) is 15.6. The predicted octanol–water partition coefficient (Wildman–Crippen LogP) is 3.47. The van der Waals surface area contributed by atoms with Crippen LogP contribution < -0.4 is 11.1 Å². The lowest BCUT2D eigenvalue weighted by atomic mass is 9.91. The van der Waals surface area contributed by atoms with Crippen LogP contribution in [-0.4, -0.2) is 18.0 Å². The second-order valence-corrected chi connectivity index (χ2v) is 6.07. The summed E-state index contributed by atoms with van der Waals surface area (Å²) in [5, 5.41) is 2.74. The highest BCUT2D eigenvalue weighted by atomic mass is 79.9. The van der Waals surface area contributed by atoms with Crippen LogP contribution in [0.4, 0.5) is 13.2 Å². The molecule has 21 heavy (non-hydrogen) atoms. The van der Waals surface area contributed by atoms with Crippen molar-refractivity contribution in [3.05, 3.63) is 33.8 Å². The maximum Gasteiger partial charge on any atom is 0.416 e. The van der Waals surface area contributed by atoms with Gasteiger partial charge in [0.25, 0.3) is 5.91 Å². The third-order valence-electron chi connectivity index (χ3n) is 3.67. The van der Waals surface area contributed by atoms with Crippen molar-refractivity contribution in [3.63, 3.8) is 0 Å². The molecule has 1 aliphatic rings. The third-order valence-corrected chi connectivity index (χ3v) is 4.37. The van der Waals surface area contributed by atoms with Crippen molar-refractivity contribution in [1.29, 1.82) is 0 Å². The van der Waals surface area contributed by atoms with Crippen LogP contribution >= 0.6 is 15.9 Å². The number of nitrogens with two attached hydrogens (primary N) is 1. The summed E-state index contributed by atoms with van der Waals surface area (Å²) in [6.07, 6.45) is -0.932. The molecule has 2 atom stereocenters. The minimum absolute atomic E-state index is 0.0254. The molecule has 1 aliphatic carbocycles. The van der Waals surface area contributed by atoms with E-state index in [1.165, 1.54) is 6.07 Å². The molecule has 1 amide bonds. The number of hydrogen-bond donors (Lipinski definition) is 2. The van der Waals surface area contributed by atoms with Gasteiger partial charge in [-0.2, -0.15) is 13.2 Å². The summed E-state index contributed by atoms with van der Waals surface area (Å²) < 4.78 is 38.5. The highest BCUT2D eigenvalue weighted by Gasteiger charge is 2.32. The largest absolute Gasteiger partial charge is 0.416 e. The Morgan fingerprint density at radius 2 is 1.95 bits per heavy atom. The molecule has 1 saturated carbocycles. The number of rotatable bonds is 2. The van der Waals surface area contributed by atoms with E-state index in [2.05, 4.69) is 21.2 Å². The number of carbonyl (C=O) groups is 1. The summed E-state index contributed by atoms with van der Waals surface area (Å²) in [4.78, 5) is 12.2. The Morgan fingerprint density at radius 1 is 1.29 bits per heavy atom. The first kappa shape index (κ1) is 16.3. The van der Waals surface area contributed by atoms with Gasteiger partial charge in [0.1, 0.15) is 0 Å². The molecule has 3 N–H and O–H groups in total. The Hall–Kier alpha value is -1.08. The topological polar surface area (TPSA) is 55.1 Å². The zero-order valence-electron chi connectivity index (χ0n) is 11.2. The Kier molecular flexibility index (Phi) is 4.93. The van der Waals surface area contributed by atoms with Gasteiger partial charge in [-0.15, -0.1) is 0 Å². The molecule has 0 spiro atoms. The molecule has 1 aromatic carbocycles. The van der Waals surface area contributed by atoms with Gasteiger partial charge < -0.3 is 11.1 Å². The van der Waals surface area contributed by atoms with E-state index >= 15 is 0 Å². The van der Waals surface area contributed by atoms with Gasteiger partial charge in [0.2, 0.25) is 0 Å². The first-order valence-corrected chi connectivity index (χ1v) is 7.51. The van der Waals surface area contributed by atoms with E-state index in [0.29, 0.717) is 4.47 Å². The molecule has 0 aromatic heterocycles. The monoisotopic (exact) mass is 364 g/mol. The number of alkyl halides is 3. The van der Waals surface area contributed by atoms with Crippen LogP contribution in [0.25, 0.3) is 0 Å². The van der Waals surface area contributed by atoms with Gasteiger partial charge in [0, 0.05) is 16.6 Å². The number of amides is 1. The van der Waals surface area contributed by atoms with Gasteiger partial charge in [0.05, 0.1) is 11.1 Å². The average Bonchev–Trinajstić information content (AvgIpc) is 2.40. The molecule has 7 heteroatoms. The van der Waals surface area contributed by atoms with E-state index in [9.17, 15) is 18.0 Å². The minimum Gasteiger partial charge on any atom is -0.348 e. The van der Waals surface area contributed by atoms with Crippen LogP contribution in [0.15, 0.2) is 22.7 Å². The van der Waals surface area contributed by atoms with Crippen LogP contribution in [-0.2, 0) is 6.18 Å². The summed E-state index contributed by atoms with van der Waals surface area (Å²) in [6.45, 7) is 0. The van der Waals surface area contributed by atoms with Crippen LogP contribution in [0, 0.1) is 0 Å². The smallest absolute Gasteiger partial charge is 0.348 e. The quantitative estimate of drug-likeness (QED) is 0.843. The lowest BCUT2D eigenvalue weighted by molar-refractivity contribution is -0.137. The molecule has 0 unspecified atom stereocenters. The van der Waals surface area contributed by atoms with Crippen LogP contribution in [0.3, 0.4) is 0 Å². The van der Waals surface area contributed by atoms with Gasteiger partial charge in [-0.1, -0.05) is 12.8 Å². The summed E-state index contributed by atoms with van der Waals surface area (Å²) in [6, 6.07) is 2.69. The molecule has 0 saturated heterocycles. The molecule has 3 nitrogen and oxygen atoms in total. The van der Waals surface area contributed by atoms with Gasteiger partial charge in [0.15, 0.2) is 0 Å². The Morgan fingerprint density at radius 3 is 2.57 bits per heavy atom. The van der Waals surface area contributed by atoms with Crippen LogP contribution in [0.1, 0.15) is 41.6 Å². The molecule has 0 heterocycles. The lowest BCUT2D eigenvalue weighted by Crippen LogP contribution is -2.49. The summed E-state index contributed by atoms with van der Waals surface area (Å²) in [5.41, 5.74) is 5.07. The molecule has 0 bridgehead atoms. The third kappa shape index (κ3) is 3.97. The Balaban J connectivity index is 2.18. The van der Waals surface area contributed by atoms with Crippen molar-refractivity contribution >= 4 is 21.8 Å². The first-order chi connectivity index (χ1) is 9.79. The Bertz CT molecular complexity index is 533. The molecule has 0 radical (unpaired) electrons. The van der Waals surface area contributed by atoms with Gasteiger partial charge in [-0.25, -0.2) is 0 Å². The lowest BCUT2D eigenvalue weighted by Gasteiger charge is -2.29. The van der Waals surface area contributed by atoms with Crippen molar-refractivity contribution in [3.8, 4) is 0 Å². The van der Waals surface area contributed by atoms with Crippen molar-refractivity contribution in [2.75, 3.05) is 0 Å². The maximum atomic E-state index is 12.7. The molecular formula is C14H16BrF3N2O. The number of hydrogen-bond acceptors (Lipinski definition) is 2. The average molecular weight is 365 g/mol. The first-order valence-electron chi connectivity index (χ1n) is 6.72. The second kappa shape index (κ2) is 6.36. The SMILES string of the molecule is N[C@@H]1CCCC[C@H]1NC(=O)c1cc(C(F)(F)F)ccc1Br. The number of carbonyl (C=O) groups excluding carboxylic acids is 1. The van der Waals surface area contributed by atoms with E-state index in [0.717, 1.165) is 37.8 Å². The summed E-state index contributed by atoms with van der Waals surface area (Å²) in [7, 11) is 0. The Labute approximate surface area is 129 Å². The molecule has 2 rings (SSSR count). The van der Waals surface area contributed by atoms with E-state index in [1.54, 1.807) is 0 Å². The van der Waals surface area contributed by atoms with Crippen molar-refractivity contribution in [2.24, 2.45) is 5.73 Å². The molecule has 116 valence electrons. The number of halogens is 4. The number of benzene rings is 1. The van der Waals surface area contributed by atoms with E-state index in [-0.39, 0.29) is 17.6 Å². The predicted molar refractivity (Wildman–Crippen MR) is 76.8 cm³/mol. The van der Waals surface area contributed by atoms with Gasteiger partial charge >= 0.3 is 6.18 Å². The molecule has 0 aliphatic heterocycles. The molecule has 1 fully saturated rings. The van der Waals surface area contributed by atoms with Gasteiger partial charge in [-0.05, 0) is 47.0 Å². The fourth-order valence-electron chi connectivity index (χ4n) is 2.46. The van der Waals surface area contributed by atoms with E-state index in [4.69, 9.17) is 5.73 Å². The van der Waals surface area contributed by atoms with Crippen molar-refractivity contribution in [1.82, 2.24) is 5.32 Å². The molecule has 1 aromatic rings. The highest BCUT2D eigenvalue weighted by Crippen LogP contribution is 2.32. The fraction of sp³-hybridized carbons (Fsp3) is 0.500. The van der Waals surface area contributed by atoms with Crippen LogP contribution in [0.5, 0.6) is 0 Å². The fourth-order valence-corrected chi connectivity index (χ4v) is 2.89. The minimum atomic E-state index is -4.48. The molecular weight excluding hydrogens is 349 g/mol. The zero-order valence-corrected chi connectivity index (χ0v) is 12.8. The van der Waals surface area contributed by atoms with E-state index in [1.807, 2.05) is 0 Å². The van der Waals surface area contributed by atoms with Crippen molar-refractivity contribution < 1.29 is 18.0 Å². The summed E-state index contributed by atoms with van der Waals surface area (Å²) >= 11 is 3.12. The van der Waals surface area contributed by atoms with Crippen molar-refractivity contribution in [2.45, 2.75) is 43.9 Å². The number of nitrogens with one attached hydrogen (secondary N) is 1. The standard InChI is InChI=1S/C14H16BrF3N2O/c15-10-6-5-8(14(16,17)18)7-9(10)13(21)20-12-4-2-1-3-11(12)19/h5-7,11-12H,1-4,19H2,(H,20,21)/t11-,12-/m1/s1. The van der Waals surface area contributed by atoms with E-state index < -0.39 is 17.6 Å². The second-order valence-electron chi connectivity index (χ2n) is 5.22. The summed E-state index contributed by atoms with van der Waals surface area (Å²) in [5.74, 6) is -0.532. The van der Waals surface area contributed by atoms with Crippen LogP contribution in [0.2, 0.25) is 0 Å². The highest BCUT2D eigenvalue weighted by molar-refractivity contribution is 9.10. The maximum absolute atomic E-state index is 12.7.